The Hall–Kier alpha value is -1.96. The third-order valence-electron chi connectivity index (χ3n) is 2.60. The van der Waals surface area contributed by atoms with Crippen molar-refractivity contribution in [3.63, 3.8) is 0 Å². The molecule has 0 saturated carbocycles. The zero-order valence-electron chi connectivity index (χ0n) is 10.8. The van der Waals surface area contributed by atoms with Crippen LogP contribution in [0.1, 0.15) is 18.9 Å². The zero-order chi connectivity index (χ0) is 12.8. The van der Waals surface area contributed by atoms with Crippen molar-refractivity contribution in [3.05, 3.63) is 54.1 Å². The lowest BCUT2D eigenvalue weighted by molar-refractivity contribution is 0.316. The Balaban J connectivity index is 2.12. The Bertz CT molecular complexity index is 506. The smallest absolute Gasteiger partial charge is 0.131 e. The predicted molar refractivity (Wildman–Crippen MR) is 73.5 cm³/mol. The second-order valence-corrected chi connectivity index (χ2v) is 4.19. The SMILES string of the molecule is CCCOc1cccc(Oc2ccccc2C)c1. The Morgan fingerprint density at radius 3 is 2.50 bits per heavy atom. The molecule has 18 heavy (non-hydrogen) atoms. The first-order chi connectivity index (χ1) is 8.79. The Morgan fingerprint density at radius 2 is 1.72 bits per heavy atom. The molecule has 0 unspecified atom stereocenters. The van der Waals surface area contributed by atoms with Crippen LogP contribution in [0.5, 0.6) is 17.2 Å². The van der Waals surface area contributed by atoms with Crippen LogP contribution in [0.25, 0.3) is 0 Å². The van der Waals surface area contributed by atoms with Gasteiger partial charge in [0.2, 0.25) is 0 Å². The number of para-hydroxylation sites is 1. The van der Waals surface area contributed by atoms with Crippen LogP contribution in [0.3, 0.4) is 0 Å². The van der Waals surface area contributed by atoms with E-state index < -0.39 is 0 Å². The lowest BCUT2D eigenvalue weighted by atomic mass is 10.2. The van der Waals surface area contributed by atoms with Crippen LogP contribution in [-0.4, -0.2) is 6.61 Å². The number of hydrogen-bond donors (Lipinski definition) is 0. The van der Waals surface area contributed by atoms with Crippen LogP contribution in [0, 0.1) is 6.92 Å². The lowest BCUT2D eigenvalue weighted by Gasteiger charge is -2.10. The minimum Gasteiger partial charge on any atom is -0.493 e. The average molecular weight is 242 g/mol. The van der Waals surface area contributed by atoms with E-state index in [4.69, 9.17) is 9.47 Å². The van der Waals surface area contributed by atoms with E-state index in [0.717, 1.165) is 35.8 Å². The Morgan fingerprint density at radius 1 is 0.944 bits per heavy atom. The molecule has 0 amide bonds. The van der Waals surface area contributed by atoms with Crippen molar-refractivity contribution in [1.82, 2.24) is 0 Å². The van der Waals surface area contributed by atoms with Gasteiger partial charge >= 0.3 is 0 Å². The fourth-order valence-electron chi connectivity index (χ4n) is 1.65. The number of benzene rings is 2. The molecule has 2 nitrogen and oxygen atoms in total. The summed E-state index contributed by atoms with van der Waals surface area (Å²) < 4.78 is 11.4. The van der Waals surface area contributed by atoms with Crippen molar-refractivity contribution in [2.45, 2.75) is 20.3 Å². The maximum Gasteiger partial charge on any atom is 0.131 e. The first-order valence-corrected chi connectivity index (χ1v) is 6.26. The molecule has 2 rings (SSSR count). The molecule has 0 bridgehead atoms. The van der Waals surface area contributed by atoms with E-state index in [1.54, 1.807) is 0 Å². The summed E-state index contributed by atoms with van der Waals surface area (Å²) in [5.74, 6) is 2.53. The summed E-state index contributed by atoms with van der Waals surface area (Å²) in [5, 5.41) is 0. The molecule has 2 heteroatoms. The average Bonchev–Trinajstić information content (AvgIpc) is 2.40. The molecule has 0 heterocycles. The summed E-state index contributed by atoms with van der Waals surface area (Å²) in [5.41, 5.74) is 1.12. The highest BCUT2D eigenvalue weighted by Gasteiger charge is 2.01. The van der Waals surface area contributed by atoms with Gasteiger partial charge in [-0.25, -0.2) is 0 Å². The summed E-state index contributed by atoms with van der Waals surface area (Å²) >= 11 is 0. The van der Waals surface area contributed by atoms with Crippen LogP contribution in [0.4, 0.5) is 0 Å². The molecule has 0 aliphatic carbocycles. The highest BCUT2D eigenvalue weighted by Crippen LogP contribution is 2.27. The van der Waals surface area contributed by atoms with Gasteiger partial charge in [-0.3, -0.25) is 0 Å². The van der Waals surface area contributed by atoms with E-state index in [1.165, 1.54) is 0 Å². The van der Waals surface area contributed by atoms with E-state index >= 15 is 0 Å². The minimum atomic E-state index is 0.730. The van der Waals surface area contributed by atoms with Crippen molar-refractivity contribution in [2.24, 2.45) is 0 Å². The van der Waals surface area contributed by atoms with Gasteiger partial charge in [0.05, 0.1) is 6.61 Å². The molecule has 0 radical (unpaired) electrons. The van der Waals surface area contributed by atoms with E-state index in [0.29, 0.717) is 0 Å². The molecule has 2 aromatic carbocycles. The first kappa shape index (κ1) is 12.5. The zero-order valence-corrected chi connectivity index (χ0v) is 10.8. The summed E-state index contributed by atoms with van der Waals surface area (Å²) in [4.78, 5) is 0. The van der Waals surface area contributed by atoms with E-state index in [-0.39, 0.29) is 0 Å². The molecule has 94 valence electrons. The molecule has 0 spiro atoms. The van der Waals surface area contributed by atoms with Crippen molar-refractivity contribution in [2.75, 3.05) is 6.61 Å². The van der Waals surface area contributed by atoms with Crippen molar-refractivity contribution in [1.29, 1.82) is 0 Å². The van der Waals surface area contributed by atoms with Crippen LogP contribution in [-0.2, 0) is 0 Å². The van der Waals surface area contributed by atoms with Gasteiger partial charge in [0.25, 0.3) is 0 Å². The van der Waals surface area contributed by atoms with E-state index in [1.807, 2.05) is 55.5 Å². The van der Waals surface area contributed by atoms with Crippen molar-refractivity contribution < 1.29 is 9.47 Å². The number of rotatable bonds is 5. The van der Waals surface area contributed by atoms with Crippen molar-refractivity contribution in [3.8, 4) is 17.2 Å². The summed E-state index contributed by atoms with van der Waals surface area (Å²) in [6.45, 7) is 4.86. The molecular formula is C16H18O2. The molecule has 0 aromatic heterocycles. The number of hydrogen-bond acceptors (Lipinski definition) is 2. The van der Waals surface area contributed by atoms with Crippen LogP contribution in [0.15, 0.2) is 48.5 Å². The second kappa shape index (κ2) is 6.10. The van der Waals surface area contributed by atoms with Gasteiger partial charge in [0, 0.05) is 6.07 Å². The second-order valence-electron chi connectivity index (χ2n) is 4.19. The standard InChI is InChI=1S/C16H18O2/c1-3-11-17-14-8-6-9-15(12-14)18-16-10-5-4-7-13(16)2/h4-10,12H,3,11H2,1-2H3. The summed E-state index contributed by atoms with van der Waals surface area (Å²) in [7, 11) is 0. The van der Waals surface area contributed by atoms with Gasteiger partial charge in [-0.05, 0) is 37.1 Å². The van der Waals surface area contributed by atoms with E-state index in [9.17, 15) is 0 Å². The van der Waals surface area contributed by atoms with Crippen LogP contribution < -0.4 is 9.47 Å². The maximum absolute atomic E-state index is 5.85. The highest BCUT2D eigenvalue weighted by molar-refractivity contribution is 5.39. The molecular weight excluding hydrogens is 224 g/mol. The highest BCUT2D eigenvalue weighted by atomic mass is 16.5. The molecule has 0 N–H and O–H groups in total. The Labute approximate surface area is 108 Å². The fraction of sp³-hybridized carbons (Fsp3) is 0.250. The maximum atomic E-state index is 5.85. The third kappa shape index (κ3) is 3.27. The van der Waals surface area contributed by atoms with Crippen LogP contribution in [0.2, 0.25) is 0 Å². The van der Waals surface area contributed by atoms with Gasteiger partial charge < -0.3 is 9.47 Å². The van der Waals surface area contributed by atoms with Crippen LogP contribution >= 0.6 is 0 Å². The van der Waals surface area contributed by atoms with Gasteiger partial charge in [0.1, 0.15) is 17.2 Å². The lowest BCUT2D eigenvalue weighted by Crippen LogP contribution is -1.95. The molecule has 0 saturated heterocycles. The monoisotopic (exact) mass is 242 g/mol. The largest absolute Gasteiger partial charge is 0.493 e. The normalized spacial score (nSPS) is 10.1. The molecule has 0 aliphatic heterocycles. The van der Waals surface area contributed by atoms with Gasteiger partial charge in [-0.2, -0.15) is 0 Å². The Kier molecular flexibility index (Phi) is 4.24. The summed E-state index contributed by atoms with van der Waals surface area (Å²) in [6, 6.07) is 15.7. The van der Waals surface area contributed by atoms with Gasteiger partial charge in [-0.1, -0.05) is 31.2 Å². The van der Waals surface area contributed by atoms with Crippen molar-refractivity contribution >= 4 is 0 Å². The van der Waals surface area contributed by atoms with Gasteiger partial charge in [-0.15, -0.1) is 0 Å². The minimum absolute atomic E-state index is 0.730. The summed E-state index contributed by atoms with van der Waals surface area (Å²) in [6.07, 6.45) is 1.00. The number of ether oxygens (including phenoxy) is 2. The molecule has 0 atom stereocenters. The quantitative estimate of drug-likeness (QED) is 0.764. The fourth-order valence-corrected chi connectivity index (χ4v) is 1.65. The molecule has 2 aromatic rings. The van der Waals surface area contributed by atoms with E-state index in [2.05, 4.69) is 6.92 Å². The number of aryl methyl sites for hydroxylation is 1. The first-order valence-electron chi connectivity index (χ1n) is 6.26. The topological polar surface area (TPSA) is 18.5 Å². The van der Waals surface area contributed by atoms with Gasteiger partial charge in [0.15, 0.2) is 0 Å². The predicted octanol–water partition coefficient (Wildman–Crippen LogP) is 4.58. The molecule has 0 fully saturated rings. The molecule has 0 aliphatic rings. The third-order valence-corrected chi connectivity index (χ3v) is 2.60.